The smallest absolute Gasteiger partial charge is 0.248 e. The van der Waals surface area contributed by atoms with Crippen LogP contribution in [0.15, 0.2) is 30.3 Å². The minimum absolute atomic E-state index is 0.0219. The van der Waals surface area contributed by atoms with Gasteiger partial charge >= 0.3 is 0 Å². The average molecular weight is 332 g/mol. The number of carbonyl (C=O) groups is 1. The highest BCUT2D eigenvalue weighted by molar-refractivity contribution is 5.80. The molecular formula is C20H32N2O2. The number of piperidine rings is 1. The lowest BCUT2D eigenvalue weighted by molar-refractivity contribution is -0.132. The number of nitrogens with zero attached hydrogens (tertiary/aromatic N) is 1. The van der Waals surface area contributed by atoms with Gasteiger partial charge in [-0.1, -0.05) is 44.2 Å². The molecular weight excluding hydrogens is 300 g/mol. The number of ether oxygens (including phenoxy) is 1. The molecule has 0 spiro atoms. The van der Waals surface area contributed by atoms with Crippen LogP contribution in [-0.2, 0) is 16.1 Å². The third-order valence-electron chi connectivity index (χ3n) is 4.61. The molecule has 1 aliphatic rings. The van der Waals surface area contributed by atoms with Gasteiger partial charge in [0.1, 0.15) is 6.10 Å². The van der Waals surface area contributed by atoms with Gasteiger partial charge in [-0.3, -0.25) is 4.79 Å². The molecule has 1 heterocycles. The summed E-state index contributed by atoms with van der Waals surface area (Å²) in [6, 6.07) is 9.94. The zero-order chi connectivity index (χ0) is 17.4. The number of hydrogen-bond acceptors (Lipinski definition) is 3. The van der Waals surface area contributed by atoms with Crippen LogP contribution in [0.5, 0.6) is 0 Å². The van der Waals surface area contributed by atoms with Crippen LogP contribution in [-0.4, -0.2) is 43.1 Å². The Kier molecular flexibility index (Phi) is 7.73. The molecule has 1 saturated heterocycles. The highest BCUT2D eigenvalue weighted by Gasteiger charge is 2.21. The first kappa shape index (κ1) is 18.9. The molecule has 4 heteroatoms. The molecule has 0 aliphatic carbocycles. The maximum absolute atomic E-state index is 12.1. The Balaban J connectivity index is 1.58. The first-order chi connectivity index (χ1) is 11.5. The van der Waals surface area contributed by atoms with Crippen molar-refractivity contribution in [1.29, 1.82) is 0 Å². The van der Waals surface area contributed by atoms with Gasteiger partial charge in [0.05, 0.1) is 6.61 Å². The quantitative estimate of drug-likeness (QED) is 0.744. The second-order valence-corrected chi connectivity index (χ2v) is 7.29. The van der Waals surface area contributed by atoms with Crippen LogP contribution in [0.2, 0.25) is 0 Å². The fraction of sp³-hybridized carbons (Fsp3) is 0.650. The third kappa shape index (κ3) is 6.62. The van der Waals surface area contributed by atoms with Crippen molar-refractivity contribution in [2.45, 2.75) is 46.3 Å². The van der Waals surface area contributed by atoms with Gasteiger partial charge in [-0.05, 0) is 43.7 Å². The Morgan fingerprint density at radius 3 is 2.58 bits per heavy atom. The van der Waals surface area contributed by atoms with Gasteiger partial charge in [-0.2, -0.15) is 0 Å². The van der Waals surface area contributed by atoms with Crippen LogP contribution in [0.25, 0.3) is 0 Å². The largest absolute Gasteiger partial charge is 0.364 e. The van der Waals surface area contributed by atoms with Gasteiger partial charge in [-0.25, -0.2) is 0 Å². The fourth-order valence-corrected chi connectivity index (χ4v) is 3.50. The molecule has 4 nitrogen and oxygen atoms in total. The molecule has 1 aromatic carbocycles. The van der Waals surface area contributed by atoms with E-state index in [4.69, 9.17) is 4.74 Å². The summed E-state index contributed by atoms with van der Waals surface area (Å²) in [4.78, 5) is 14.6. The maximum Gasteiger partial charge on any atom is 0.248 e. The molecule has 0 radical (unpaired) electrons. The maximum atomic E-state index is 12.1. The molecule has 134 valence electrons. The first-order valence-corrected chi connectivity index (χ1v) is 9.20. The molecule has 0 bridgehead atoms. The average Bonchev–Trinajstić information content (AvgIpc) is 2.56. The number of carbonyl (C=O) groups excluding carboxylic acids is 1. The Morgan fingerprint density at radius 1 is 1.25 bits per heavy atom. The number of amides is 1. The lowest BCUT2D eigenvalue weighted by Gasteiger charge is -2.34. The molecule has 1 amide bonds. The van der Waals surface area contributed by atoms with Gasteiger partial charge in [0.15, 0.2) is 0 Å². The fourth-order valence-electron chi connectivity index (χ4n) is 3.50. The van der Waals surface area contributed by atoms with E-state index in [9.17, 15) is 4.79 Å². The van der Waals surface area contributed by atoms with Crippen molar-refractivity contribution in [3.05, 3.63) is 35.9 Å². The number of rotatable bonds is 8. The van der Waals surface area contributed by atoms with Crippen LogP contribution < -0.4 is 5.32 Å². The van der Waals surface area contributed by atoms with Gasteiger partial charge in [0, 0.05) is 19.6 Å². The van der Waals surface area contributed by atoms with Crippen molar-refractivity contribution in [3.63, 3.8) is 0 Å². The first-order valence-electron chi connectivity index (χ1n) is 9.20. The van der Waals surface area contributed by atoms with Gasteiger partial charge in [-0.15, -0.1) is 0 Å². The minimum atomic E-state index is -0.416. The van der Waals surface area contributed by atoms with Crippen LogP contribution in [0, 0.1) is 11.8 Å². The summed E-state index contributed by atoms with van der Waals surface area (Å²) in [5, 5.41) is 2.99. The molecule has 1 N–H and O–H groups in total. The second kappa shape index (κ2) is 9.80. The number of likely N-dealkylation sites (tertiary alicyclic amines) is 1. The van der Waals surface area contributed by atoms with Crippen LogP contribution in [0.3, 0.4) is 0 Å². The summed E-state index contributed by atoms with van der Waals surface area (Å²) in [5.74, 6) is 1.55. The zero-order valence-electron chi connectivity index (χ0n) is 15.3. The number of nitrogens with one attached hydrogen (secondary N) is 1. The van der Waals surface area contributed by atoms with Crippen molar-refractivity contribution in [3.8, 4) is 0 Å². The summed E-state index contributed by atoms with van der Waals surface area (Å²) in [6.45, 7) is 11.1. The third-order valence-corrected chi connectivity index (χ3v) is 4.61. The molecule has 0 unspecified atom stereocenters. The molecule has 1 aromatic rings. The normalized spacial score (nSPS) is 23.0. The monoisotopic (exact) mass is 332 g/mol. The van der Waals surface area contributed by atoms with E-state index in [2.05, 4.69) is 24.1 Å². The van der Waals surface area contributed by atoms with E-state index in [0.717, 1.165) is 36.9 Å². The highest BCUT2D eigenvalue weighted by atomic mass is 16.5. The van der Waals surface area contributed by atoms with Crippen molar-refractivity contribution in [1.82, 2.24) is 10.2 Å². The number of hydrogen-bond donors (Lipinski definition) is 1. The topological polar surface area (TPSA) is 41.6 Å². The predicted molar refractivity (Wildman–Crippen MR) is 97.7 cm³/mol. The summed E-state index contributed by atoms with van der Waals surface area (Å²) >= 11 is 0. The van der Waals surface area contributed by atoms with Gasteiger partial charge < -0.3 is 15.0 Å². The van der Waals surface area contributed by atoms with Crippen molar-refractivity contribution >= 4 is 5.91 Å². The Labute approximate surface area is 146 Å². The van der Waals surface area contributed by atoms with E-state index < -0.39 is 6.10 Å². The molecule has 1 aliphatic heterocycles. The van der Waals surface area contributed by atoms with Crippen LogP contribution in [0.1, 0.15) is 39.2 Å². The Hall–Kier alpha value is -1.39. The van der Waals surface area contributed by atoms with E-state index in [-0.39, 0.29) is 5.91 Å². The van der Waals surface area contributed by atoms with E-state index >= 15 is 0 Å². The summed E-state index contributed by atoms with van der Waals surface area (Å²) in [7, 11) is 0. The molecule has 24 heavy (non-hydrogen) atoms. The van der Waals surface area contributed by atoms with E-state index in [0.29, 0.717) is 6.61 Å². The van der Waals surface area contributed by atoms with Crippen molar-refractivity contribution in [2.24, 2.45) is 11.8 Å². The molecule has 0 aromatic heterocycles. The zero-order valence-corrected chi connectivity index (χ0v) is 15.3. The highest BCUT2D eigenvalue weighted by Crippen LogP contribution is 2.20. The second-order valence-electron chi connectivity index (χ2n) is 7.29. The summed E-state index contributed by atoms with van der Waals surface area (Å²) in [6.07, 6.45) is 1.92. The number of benzene rings is 1. The molecule has 0 saturated carbocycles. The summed E-state index contributed by atoms with van der Waals surface area (Å²) in [5.41, 5.74) is 1.09. The van der Waals surface area contributed by atoms with Crippen LogP contribution in [0.4, 0.5) is 0 Å². The van der Waals surface area contributed by atoms with E-state index in [1.165, 1.54) is 19.5 Å². The molecule has 1 fully saturated rings. The molecule has 2 rings (SSSR count). The standard InChI is InChI=1S/C20H32N2O2/c1-16-12-17(2)14-22(13-16)11-7-10-21-20(23)18(3)24-15-19-8-5-4-6-9-19/h4-6,8-9,16-18H,7,10-15H2,1-3H3,(H,21,23)/t16-,17-,18+/m1/s1. The molecule has 3 atom stereocenters. The van der Waals surface area contributed by atoms with Gasteiger partial charge in [0.2, 0.25) is 5.91 Å². The summed E-state index contributed by atoms with van der Waals surface area (Å²) < 4.78 is 5.64. The predicted octanol–water partition coefficient (Wildman–Crippen LogP) is 3.08. The lowest BCUT2D eigenvalue weighted by Crippen LogP contribution is -2.41. The minimum Gasteiger partial charge on any atom is -0.364 e. The Bertz CT molecular complexity index is 482. The Morgan fingerprint density at radius 2 is 1.92 bits per heavy atom. The van der Waals surface area contributed by atoms with Crippen molar-refractivity contribution < 1.29 is 9.53 Å². The van der Waals surface area contributed by atoms with E-state index in [1.54, 1.807) is 0 Å². The van der Waals surface area contributed by atoms with Crippen LogP contribution >= 0.6 is 0 Å². The SMILES string of the molecule is C[C@@H]1C[C@@H](C)CN(CCCNC(=O)[C@H](C)OCc2ccccc2)C1. The lowest BCUT2D eigenvalue weighted by atomic mass is 9.92. The van der Waals surface area contributed by atoms with Gasteiger partial charge in [0.25, 0.3) is 0 Å². The van der Waals surface area contributed by atoms with E-state index in [1.807, 2.05) is 37.3 Å². The van der Waals surface area contributed by atoms with Crippen molar-refractivity contribution in [2.75, 3.05) is 26.2 Å².